The molecule has 1 aromatic carbocycles. The summed E-state index contributed by atoms with van der Waals surface area (Å²) in [5.41, 5.74) is 1.59. The number of halogens is 2. The van der Waals surface area contributed by atoms with E-state index in [0.29, 0.717) is 47.9 Å². The Bertz CT molecular complexity index is 1170. The number of methoxy groups -OCH3 is 1. The van der Waals surface area contributed by atoms with Crippen molar-refractivity contribution in [2.75, 3.05) is 41.9 Å². The summed E-state index contributed by atoms with van der Waals surface area (Å²) >= 11 is 0. The van der Waals surface area contributed by atoms with Crippen LogP contribution in [0.3, 0.4) is 0 Å². The first-order valence-corrected chi connectivity index (χ1v) is 11.8. The number of rotatable bonds is 5. The number of aryl methyl sites for hydroxylation is 1. The number of fused-ring (bicyclic) bond motifs is 3. The van der Waals surface area contributed by atoms with E-state index in [-0.39, 0.29) is 0 Å². The second-order valence-electron chi connectivity index (χ2n) is 9.32. The first kappa shape index (κ1) is 21.1. The molecule has 34 heavy (non-hydrogen) atoms. The van der Waals surface area contributed by atoms with Crippen molar-refractivity contribution in [2.45, 2.75) is 31.8 Å². The van der Waals surface area contributed by atoms with Crippen molar-refractivity contribution in [3.05, 3.63) is 48.2 Å². The van der Waals surface area contributed by atoms with E-state index in [1.165, 1.54) is 12.1 Å². The van der Waals surface area contributed by atoms with Crippen molar-refractivity contribution in [1.82, 2.24) is 19.7 Å². The van der Waals surface area contributed by atoms with Gasteiger partial charge < -0.3 is 19.9 Å². The van der Waals surface area contributed by atoms with Crippen LogP contribution in [0.2, 0.25) is 0 Å². The number of pyridine rings is 1. The fraction of sp³-hybridized carbons (Fsp3) is 0.458. The van der Waals surface area contributed by atoms with Crippen molar-refractivity contribution in [3.63, 3.8) is 0 Å². The van der Waals surface area contributed by atoms with Crippen LogP contribution in [0.25, 0.3) is 0 Å². The normalized spacial score (nSPS) is 23.7. The lowest BCUT2D eigenvalue weighted by Crippen LogP contribution is -2.48. The number of nitrogens with one attached hydrogen (secondary N) is 1. The molecule has 4 heterocycles. The predicted octanol–water partition coefficient (Wildman–Crippen LogP) is 3.83. The number of benzene rings is 1. The third kappa shape index (κ3) is 3.80. The number of hydrogen-bond acceptors (Lipinski definition) is 7. The Balaban J connectivity index is 1.20. The molecule has 1 unspecified atom stereocenters. The number of ether oxygens (including phenoxy) is 1. The molecule has 0 amide bonds. The molecule has 2 aliphatic heterocycles. The Morgan fingerprint density at radius 1 is 1.00 bits per heavy atom. The molecule has 1 aliphatic carbocycles. The Morgan fingerprint density at radius 3 is 2.50 bits per heavy atom. The van der Waals surface area contributed by atoms with Crippen molar-refractivity contribution < 1.29 is 13.5 Å². The lowest BCUT2D eigenvalue weighted by Gasteiger charge is -2.39. The lowest BCUT2D eigenvalue weighted by molar-refractivity contribution is 0.374. The topological polar surface area (TPSA) is 71.3 Å². The lowest BCUT2D eigenvalue weighted by atomic mass is 9.92. The van der Waals surface area contributed by atoms with E-state index in [1.54, 1.807) is 13.3 Å². The smallest absolute Gasteiger partial charge is 0.244 e. The van der Waals surface area contributed by atoms with Gasteiger partial charge >= 0.3 is 0 Å². The molecule has 2 fully saturated rings. The van der Waals surface area contributed by atoms with Gasteiger partial charge in [0.05, 0.1) is 7.11 Å². The number of aromatic nitrogens is 4. The van der Waals surface area contributed by atoms with Crippen LogP contribution in [-0.4, -0.2) is 52.5 Å². The Hall–Kier alpha value is -3.43. The van der Waals surface area contributed by atoms with Gasteiger partial charge in [0.15, 0.2) is 0 Å². The summed E-state index contributed by atoms with van der Waals surface area (Å²) in [6.45, 7) is 3.26. The highest BCUT2D eigenvalue weighted by Crippen LogP contribution is 2.40. The minimum atomic E-state index is -0.597. The molecule has 2 bridgehead atoms. The van der Waals surface area contributed by atoms with E-state index < -0.39 is 11.6 Å². The third-order valence-electron chi connectivity index (χ3n) is 7.23. The van der Waals surface area contributed by atoms with Crippen molar-refractivity contribution in [3.8, 4) is 5.88 Å². The quantitative estimate of drug-likeness (QED) is 0.612. The van der Waals surface area contributed by atoms with Gasteiger partial charge in [0, 0.05) is 61.9 Å². The monoisotopic (exact) mass is 467 g/mol. The largest absolute Gasteiger partial charge is 0.481 e. The molecule has 8 nitrogen and oxygen atoms in total. The van der Waals surface area contributed by atoms with Gasteiger partial charge in [0.2, 0.25) is 17.8 Å². The van der Waals surface area contributed by atoms with Gasteiger partial charge in [0.1, 0.15) is 11.6 Å². The fourth-order valence-corrected chi connectivity index (χ4v) is 5.69. The van der Waals surface area contributed by atoms with Gasteiger partial charge in [-0.2, -0.15) is 4.98 Å². The molecule has 10 heteroatoms. The van der Waals surface area contributed by atoms with Crippen molar-refractivity contribution >= 4 is 23.3 Å². The number of anilines is 4. The van der Waals surface area contributed by atoms with Crippen LogP contribution >= 0.6 is 0 Å². The maximum absolute atomic E-state index is 13.8. The minimum absolute atomic E-state index is 0.296. The number of piperidine rings is 1. The predicted molar refractivity (Wildman–Crippen MR) is 125 cm³/mol. The zero-order chi connectivity index (χ0) is 23.2. The molecule has 1 saturated heterocycles. The van der Waals surface area contributed by atoms with E-state index in [9.17, 15) is 8.78 Å². The average Bonchev–Trinajstić information content (AvgIpc) is 3.34. The zero-order valence-electron chi connectivity index (χ0n) is 19.0. The molecular weight excluding hydrogens is 440 g/mol. The highest BCUT2D eigenvalue weighted by molar-refractivity contribution is 5.59. The molecular formula is C24H27F2N7O. The molecule has 0 radical (unpaired) electrons. The van der Waals surface area contributed by atoms with E-state index in [4.69, 9.17) is 9.72 Å². The second-order valence-corrected chi connectivity index (χ2v) is 9.32. The molecule has 2 aromatic heterocycles. The Kier molecular flexibility index (Phi) is 5.23. The summed E-state index contributed by atoms with van der Waals surface area (Å²) < 4.78 is 34.8. The molecule has 1 saturated carbocycles. The van der Waals surface area contributed by atoms with Gasteiger partial charge in [-0.25, -0.2) is 18.4 Å². The van der Waals surface area contributed by atoms with Crippen LogP contribution in [0.15, 0.2) is 36.5 Å². The van der Waals surface area contributed by atoms with Crippen molar-refractivity contribution in [1.29, 1.82) is 0 Å². The summed E-state index contributed by atoms with van der Waals surface area (Å²) in [5.74, 6) is 1.59. The summed E-state index contributed by atoms with van der Waals surface area (Å²) in [7, 11) is 1.63. The number of nitrogens with zero attached hydrogens (tertiary/aromatic N) is 6. The average molecular weight is 468 g/mol. The van der Waals surface area contributed by atoms with Crippen LogP contribution < -0.4 is 19.9 Å². The van der Waals surface area contributed by atoms with Crippen LogP contribution in [0.1, 0.15) is 19.3 Å². The highest BCUT2D eigenvalue weighted by Gasteiger charge is 2.43. The molecule has 1 N–H and O–H groups in total. The third-order valence-corrected chi connectivity index (χ3v) is 7.23. The standard InChI is InChI=1S/C24H27F2N7O/c1-34-21-12-19(5-6-27-21)31-13-15-3-4-16(14-31)22(15)28-23-29-24-32(7-2-8-33(24)30-23)20-10-17(25)9-18(26)11-20/h5-6,9-12,15-16,22H,2-4,7-8,13-14H2,1H3,(H,28,30)/t15-,16?,22-/m0/s1. The van der Waals surface area contributed by atoms with Crippen LogP contribution in [0.4, 0.5) is 32.1 Å². The summed E-state index contributed by atoms with van der Waals surface area (Å²) in [4.78, 5) is 13.2. The van der Waals surface area contributed by atoms with Gasteiger partial charge in [-0.15, -0.1) is 5.10 Å². The SMILES string of the molecule is COc1cc(N2CC3CC[C@@H](C2)[C@@H]3Nc2nc3n(n2)CCCN3c2cc(F)cc(F)c2)ccn1. The number of hydrogen-bond donors (Lipinski definition) is 1. The van der Waals surface area contributed by atoms with E-state index in [2.05, 4.69) is 20.3 Å². The minimum Gasteiger partial charge on any atom is -0.481 e. The molecule has 6 rings (SSSR count). The van der Waals surface area contributed by atoms with Gasteiger partial charge in [-0.3, -0.25) is 0 Å². The molecule has 178 valence electrons. The summed E-state index contributed by atoms with van der Waals surface area (Å²) in [6, 6.07) is 7.88. The van der Waals surface area contributed by atoms with Crippen LogP contribution in [-0.2, 0) is 6.54 Å². The maximum Gasteiger partial charge on any atom is 0.244 e. The summed E-state index contributed by atoms with van der Waals surface area (Å²) in [5, 5.41) is 8.30. The van der Waals surface area contributed by atoms with E-state index in [1.807, 2.05) is 21.7 Å². The molecule has 0 spiro atoms. The maximum atomic E-state index is 13.8. The molecule has 3 aliphatic rings. The Labute approximate surface area is 196 Å². The van der Waals surface area contributed by atoms with Crippen LogP contribution in [0, 0.1) is 23.5 Å². The van der Waals surface area contributed by atoms with E-state index in [0.717, 1.165) is 50.7 Å². The summed E-state index contributed by atoms with van der Waals surface area (Å²) in [6.07, 6.45) is 4.93. The van der Waals surface area contributed by atoms with Gasteiger partial charge in [-0.05, 0) is 49.3 Å². The fourth-order valence-electron chi connectivity index (χ4n) is 5.69. The Morgan fingerprint density at radius 2 is 1.76 bits per heavy atom. The highest BCUT2D eigenvalue weighted by atomic mass is 19.1. The second kappa shape index (κ2) is 8.41. The first-order chi connectivity index (χ1) is 16.6. The molecule has 3 atom stereocenters. The van der Waals surface area contributed by atoms with Crippen LogP contribution in [0.5, 0.6) is 5.88 Å². The molecule has 3 aromatic rings. The van der Waals surface area contributed by atoms with Gasteiger partial charge in [0.25, 0.3) is 0 Å². The van der Waals surface area contributed by atoms with E-state index >= 15 is 0 Å². The first-order valence-electron chi connectivity index (χ1n) is 11.8. The zero-order valence-corrected chi connectivity index (χ0v) is 19.0. The van der Waals surface area contributed by atoms with Gasteiger partial charge in [-0.1, -0.05) is 0 Å². The van der Waals surface area contributed by atoms with Crippen molar-refractivity contribution in [2.24, 2.45) is 11.8 Å².